The molecule has 0 unspecified atom stereocenters. The van der Waals surface area contributed by atoms with E-state index in [0.29, 0.717) is 0 Å². The van der Waals surface area contributed by atoms with Crippen LogP contribution in [-0.2, 0) is 14.3 Å². The highest BCUT2D eigenvalue weighted by Gasteiger charge is 2.34. The molecule has 74 valence electrons. The van der Waals surface area contributed by atoms with E-state index in [1.807, 2.05) is 0 Å². The number of halogens is 3. The number of carbonyl (C=O) groups excluding carboxylic acids is 2. The molecule has 0 saturated carbocycles. The van der Waals surface area contributed by atoms with Crippen molar-refractivity contribution in [3.63, 3.8) is 0 Å². The second kappa shape index (κ2) is 5.65. The van der Waals surface area contributed by atoms with Crippen LogP contribution in [0.3, 0.4) is 0 Å². The SMILES string of the molecule is C=CC(=O)OCCC(=O)[Si](Cl)(Cl)Cl. The molecule has 0 saturated heterocycles. The Kier molecular flexibility index (Phi) is 5.63. The minimum absolute atomic E-state index is 0.0672. The van der Waals surface area contributed by atoms with Gasteiger partial charge in [0.15, 0.2) is 5.41 Å². The molecule has 0 heterocycles. The van der Waals surface area contributed by atoms with Gasteiger partial charge >= 0.3 is 12.0 Å². The van der Waals surface area contributed by atoms with Gasteiger partial charge in [0.2, 0.25) is 0 Å². The van der Waals surface area contributed by atoms with Crippen LogP contribution in [0.15, 0.2) is 12.7 Å². The van der Waals surface area contributed by atoms with Crippen molar-refractivity contribution < 1.29 is 14.3 Å². The molecule has 0 rings (SSSR count). The Bertz CT molecular complexity index is 224. The van der Waals surface area contributed by atoms with Gasteiger partial charge in [0.1, 0.15) is 0 Å². The van der Waals surface area contributed by atoms with Gasteiger partial charge in [-0.25, -0.2) is 4.79 Å². The molecule has 0 aromatic rings. The average Bonchev–Trinajstić information content (AvgIpc) is 2.02. The molecule has 3 nitrogen and oxygen atoms in total. The van der Waals surface area contributed by atoms with Gasteiger partial charge in [0.25, 0.3) is 0 Å². The fourth-order valence-corrected chi connectivity index (χ4v) is 1.68. The Morgan fingerprint density at radius 3 is 2.31 bits per heavy atom. The summed E-state index contributed by atoms with van der Waals surface area (Å²) >= 11 is 16.2. The number of hydrogen-bond acceptors (Lipinski definition) is 3. The van der Waals surface area contributed by atoms with E-state index in [1.165, 1.54) is 0 Å². The first-order valence-corrected chi connectivity index (χ1v) is 8.30. The summed E-state index contributed by atoms with van der Waals surface area (Å²) < 4.78 is 4.53. The van der Waals surface area contributed by atoms with E-state index >= 15 is 0 Å². The molecule has 0 atom stereocenters. The first-order chi connectivity index (χ1) is 5.88. The zero-order valence-corrected chi connectivity index (χ0v) is 9.83. The summed E-state index contributed by atoms with van der Waals surface area (Å²) in [6.45, 7) is 3.10. The Hall–Kier alpha value is -0.0331. The van der Waals surface area contributed by atoms with E-state index in [-0.39, 0.29) is 13.0 Å². The summed E-state index contributed by atoms with van der Waals surface area (Å²) in [5.41, 5.74) is 0. The minimum atomic E-state index is -3.28. The van der Waals surface area contributed by atoms with Crippen molar-refractivity contribution in [1.29, 1.82) is 0 Å². The normalized spacial score (nSPS) is 10.7. The van der Waals surface area contributed by atoms with Crippen LogP contribution in [0.25, 0.3) is 0 Å². The largest absolute Gasteiger partial charge is 0.462 e. The Morgan fingerprint density at radius 1 is 1.38 bits per heavy atom. The summed E-state index contributed by atoms with van der Waals surface area (Å²) in [6.07, 6.45) is 0.930. The van der Waals surface area contributed by atoms with Crippen LogP contribution in [-0.4, -0.2) is 24.0 Å². The lowest BCUT2D eigenvalue weighted by atomic mass is 10.5. The molecule has 0 aromatic heterocycles. The van der Waals surface area contributed by atoms with Crippen LogP contribution >= 0.6 is 33.2 Å². The zero-order valence-electron chi connectivity index (χ0n) is 6.56. The highest BCUT2D eigenvalue weighted by molar-refractivity contribution is 7.75. The van der Waals surface area contributed by atoms with Gasteiger partial charge in [-0.3, -0.25) is 0 Å². The first kappa shape index (κ1) is 13.0. The smallest absolute Gasteiger partial charge is 0.410 e. The molecule has 7 heteroatoms. The summed E-state index contributed by atoms with van der Waals surface area (Å²) in [7, 11) is 0. The number of ether oxygens (including phenoxy) is 1. The monoisotopic (exact) mass is 260 g/mol. The number of hydrogen-bond donors (Lipinski definition) is 0. The van der Waals surface area contributed by atoms with Gasteiger partial charge in [-0.2, -0.15) is 0 Å². The number of rotatable bonds is 5. The lowest BCUT2D eigenvalue weighted by Gasteiger charge is -2.05. The van der Waals surface area contributed by atoms with Crippen LogP contribution in [0.2, 0.25) is 0 Å². The maximum absolute atomic E-state index is 11.0. The van der Waals surface area contributed by atoms with Crippen LogP contribution in [0.1, 0.15) is 6.42 Å². The van der Waals surface area contributed by atoms with Crippen LogP contribution in [0.4, 0.5) is 0 Å². The summed E-state index contributed by atoms with van der Waals surface area (Å²) in [6, 6.07) is -3.28. The first-order valence-electron chi connectivity index (χ1n) is 3.27. The van der Waals surface area contributed by atoms with Crippen molar-refractivity contribution in [1.82, 2.24) is 0 Å². The van der Waals surface area contributed by atoms with Crippen molar-refractivity contribution in [2.75, 3.05) is 6.61 Å². The molecule has 0 N–H and O–H groups in total. The van der Waals surface area contributed by atoms with Crippen LogP contribution in [0.5, 0.6) is 0 Å². The second-order valence-corrected chi connectivity index (χ2v) is 10.4. The van der Waals surface area contributed by atoms with Gasteiger partial charge in [-0.1, -0.05) is 6.58 Å². The molecule has 0 aliphatic carbocycles. The third kappa shape index (κ3) is 6.09. The highest BCUT2D eigenvalue weighted by Crippen LogP contribution is 2.21. The summed E-state index contributed by atoms with van der Waals surface area (Å²) in [5.74, 6) is -0.598. The van der Waals surface area contributed by atoms with Crippen molar-refractivity contribution in [3.8, 4) is 0 Å². The molecule has 0 spiro atoms. The molecule has 0 amide bonds. The predicted octanol–water partition coefficient (Wildman–Crippen LogP) is 1.87. The molecule has 0 radical (unpaired) electrons. The Balaban J connectivity index is 3.73. The van der Waals surface area contributed by atoms with Gasteiger partial charge < -0.3 is 9.53 Å². The van der Waals surface area contributed by atoms with E-state index in [0.717, 1.165) is 6.08 Å². The zero-order chi connectivity index (χ0) is 10.5. The maximum Gasteiger partial charge on any atom is 0.410 e. The Labute approximate surface area is 90.7 Å². The van der Waals surface area contributed by atoms with Gasteiger partial charge in [-0.05, 0) is 0 Å². The van der Waals surface area contributed by atoms with Gasteiger partial charge in [0, 0.05) is 12.5 Å². The molecular weight excluding hydrogens is 255 g/mol. The molecule has 0 aliphatic rings. The molecule has 0 bridgehead atoms. The maximum atomic E-state index is 11.0. The molecule has 0 fully saturated rings. The van der Waals surface area contributed by atoms with Gasteiger partial charge in [0.05, 0.1) is 6.61 Å². The van der Waals surface area contributed by atoms with Crippen LogP contribution in [0, 0.1) is 0 Å². The highest BCUT2D eigenvalue weighted by atomic mass is 35.8. The number of carbonyl (C=O) groups is 2. The minimum Gasteiger partial charge on any atom is -0.462 e. The van der Waals surface area contributed by atoms with Crippen molar-refractivity contribution >= 4 is 50.6 Å². The number of esters is 1. The average molecular weight is 262 g/mol. The standard InChI is InChI=1S/C6H7Cl3O3Si/c1-2-5(10)12-4-3-6(11)13(7,8)9/h2H,1,3-4H2. The summed E-state index contributed by atoms with van der Waals surface area (Å²) in [4.78, 5) is 21.5. The van der Waals surface area contributed by atoms with Crippen molar-refractivity contribution in [2.24, 2.45) is 0 Å². The van der Waals surface area contributed by atoms with Crippen molar-refractivity contribution in [3.05, 3.63) is 12.7 Å². The topological polar surface area (TPSA) is 43.4 Å². The lowest BCUT2D eigenvalue weighted by Crippen LogP contribution is -2.26. The third-order valence-corrected chi connectivity index (χ3v) is 3.84. The molecular formula is C6H7Cl3O3Si. The Morgan fingerprint density at radius 2 is 1.92 bits per heavy atom. The van der Waals surface area contributed by atoms with E-state index < -0.39 is 17.4 Å². The van der Waals surface area contributed by atoms with Crippen LogP contribution < -0.4 is 0 Å². The predicted molar refractivity (Wildman–Crippen MR) is 54.1 cm³/mol. The lowest BCUT2D eigenvalue weighted by molar-refractivity contribution is -0.138. The van der Waals surface area contributed by atoms with E-state index in [1.54, 1.807) is 0 Å². The fraction of sp³-hybridized carbons (Fsp3) is 0.333. The van der Waals surface area contributed by atoms with E-state index in [2.05, 4.69) is 11.3 Å². The van der Waals surface area contributed by atoms with Gasteiger partial charge in [-0.15, -0.1) is 33.2 Å². The summed E-state index contributed by atoms with van der Waals surface area (Å²) in [5, 5.41) is -0.477. The molecule has 0 aliphatic heterocycles. The fourth-order valence-electron chi connectivity index (χ4n) is 0.445. The van der Waals surface area contributed by atoms with E-state index in [9.17, 15) is 9.59 Å². The molecule has 13 heavy (non-hydrogen) atoms. The van der Waals surface area contributed by atoms with E-state index in [4.69, 9.17) is 33.2 Å². The van der Waals surface area contributed by atoms with Crippen molar-refractivity contribution in [2.45, 2.75) is 6.42 Å². The second-order valence-electron chi connectivity index (χ2n) is 2.04. The third-order valence-electron chi connectivity index (χ3n) is 1.06. The molecule has 0 aromatic carbocycles. The quantitative estimate of drug-likeness (QED) is 0.328.